The van der Waals surface area contributed by atoms with Crippen LogP contribution in [-0.4, -0.2) is 29.3 Å². The Hall–Kier alpha value is 0.0969. The Morgan fingerprint density at radius 3 is 2.07 bits per heavy atom. The van der Waals surface area contributed by atoms with Gasteiger partial charge < -0.3 is 14.6 Å². The predicted molar refractivity (Wildman–Crippen MR) is 62.6 cm³/mol. The van der Waals surface area contributed by atoms with Gasteiger partial charge >= 0.3 is 8.56 Å². The van der Waals surface area contributed by atoms with Crippen LogP contribution in [0.2, 0.25) is 11.6 Å². The van der Waals surface area contributed by atoms with E-state index in [1.807, 2.05) is 0 Å². The van der Waals surface area contributed by atoms with Gasteiger partial charge in [0.2, 0.25) is 0 Å². The minimum Gasteiger partial charge on any atom is -0.397 e. The number of hydrogen-bond acceptors (Lipinski definition) is 3. The summed E-state index contributed by atoms with van der Waals surface area (Å²) >= 11 is 0. The first-order chi connectivity index (χ1) is 6.70. The van der Waals surface area contributed by atoms with Gasteiger partial charge in [-0.15, -0.1) is 0 Å². The zero-order valence-electron chi connectivity index (χ0n) is 10.0. The van der Waals surface area contributed by atoms with E-state index in [0.29, 0.717) is 5.54 Å². The lowest BCUT2D eigenvalue weighted by Gasteiger charge is -2.33. The molecular weight excluding hydrogens is 194 g/mol. The van der Waals surface area contributed by atoms with Crippen molar-refractivity contribution in [2.24, 2.45) is 5.73 Å². The van der Waals surface area contributed by atoms with Crippen molar-refractivity contribution >= 4 is 8.56 Å². The fourth-order valence-electron chi connectivity index (χ4n) is 2.09. The lowest BCUT2D eigenvalue weighted by molar-refractivity contribution is 0.225. The second-order valence-corrected chi connectivity index (χ2v) is 7.57. The fraction of sp³-hybridized carbons (Fsp3) is 1.00. The summed E-state index contributed by atoms with van der Waals surface area (Å²) in [6.45, 7) is 5.12. The summed E-state index contributed by atoms with van der Waals surface area (Å²) in [6.07, 6.45) is 3.33. The van der Waals surface area contributed by atoms with E-state index >= 15 is 0 Å². The van der Waals surface area contributed by atoms with Gasteiger partial charge in [0, 0.05) is 19.8 Å². The van der Waals surface area contributed by atoms with Crippen LogP contribution in [0.25, 0.3) is 0 Å². The molecule has 0 aliphatic heterocycles. The summed E-state index contributed by atoms with van der Waals surface area (Å²) in [5, 5.41) is 0. The Bertz CT molecular complexity index is 132. The minimum atomic E-state index is -1.94. The Labute approximate surface area is 89.2 Å². The molecule has 0 fully saturated rings. The quantitative estimate of drug-likeness (QED) is 0.637. The third kappa shape index (κ3) is 3.35. The summed E-state index contributed by atoms with van der Waals surface area (Å²) < 4.78 is 11.3. The van der Waals surface area contributed by atoms with E-state index in [9.17, 15) is 0 Å². The molecule has 4 heteroatoms. The number of nitrogens with two attached hydrogens (primary N) is 1. The highest BCUT2D eigenvalue weighted by Gasteiger charge is 2.41. The molecule has 0 aromatic rings. The summed E-state index contributed by atoms with van der Waals surface area (Å²) in [5.41, 5.74) is 6.11. The van der Waals surface area contributed by atoms with Crippen molar-refractivity contribution in [2.45, 2.75) is 44.7 Å². The molecule has 86 valence electrons. The Morgan fingerprint density at radius 2 is 1.79 bits per heavy atom. The number of hydrogen-bond donors (Lipinski definition) is 1. The van der Waals surface area contributed by atoms with E-state index in [0.717, 1.165) is 31.9 Å². The van der Waals surface area contributed by atoms with Crippen LogP contribution >= 0.6 is 0 Å². The van der Waals surface area contributed by atoms with Crippen LogP contribution in [0.3, 0.4) is 0 Å². The highest BCUT2D eigenvalue weighted by Crippen LogP contribution is 2.33. The van der Waals surface area contributed by atoms with Crippen molar-refractivity contribution in [1.82, 2.24) is 0 Å². The van der Waals surface area contributed by atoms with E-state index < -0.39 is 8.56 Å². The number of rotatable bonds is 8. The molecule has 1 atom stereocenters. The van der Waals surface area contributed by atoms with Crippen molar-refractivity contribution in [3.05, 3.63) is 0 Å². The third-order valence-corrected chi connectivity index (χ3v) is 7.36. The van der Waals surface area contributed by atoms with Gasteiger partial charge in [-0.1, -0.05) is 20.3 Å². The molecule has 0 rings (SSSR count). The first-order valence-electron chi connectivity index (χ1n) is 5.51. The van der Waals surface area contributed by atoms with Gasteiger partial charge in [0.15, 0.2) is 0 Å². The van der Waals surface area contributed by atoms with Crippen LogP contribution in [0.1, 0.15) is 33.1 Å². The van der Waals surface area contributed by atoms with Crippen molar-refractivity contribution in [3.8, 4) is 0 Å². The maximum atomic E-state index is 5.66. The predicted octanol–water partition coefficient (Wildman–Crippen LogP) is 2.26. The topological polar surface area (TPSA) is 44.5 Å². The van der Waals surface area contributed by atoms with Crippen LogP contribution in [0.5, 0.6) is 0 Å². The van der Waals surface area contributed by atoms with E-state index in [2.05, 4.69) is 13.8 Å². The average Bonchev–Trinajstić information content (AvgIpc) is 2.25. The van der Waals surface area contributed by atoms with E-state index in [1.54, 1.807) is 14.2 Å². The van der Waals surface area contributed by atoms with Gasteiger partial charge in [-0.3, -0.25) is 0 Å². The molecule has 0 saturated heterocycles. The summed E-state index contributed by atoms with van der Waals surface area (Å²) in [6, 6.07) is 1.02. The molecule has 3 nitrogen and oxygen atoms in total. The molecule has 0 aliphatic rings. The molecular formula is C10H25NO2Si. The molecule has 1 unspecified atom stereocenters. The van der Waals surface area contributed by atoms with Crippen molar-refractivity contribution in [3.63, 3.8) is 0 Å². The normalized spacial score (nSPS) is 14.4. The second kappa shape index (κ2) is 7.40. The van der Waals surface area contributed by atoms with Crippen LogP contribution in [0.15, 0.2) is 0 Å². The van der Waals surface area contributed by atoms with Crippen molar-refractivity contribution in [1.29, 1.82) is 0 Å². The Morgan fingerprint density at radius 1 is 1.21 bits per heavy atom. The molecule has 0 radical (unpaired) electrons. The molecule has 0 amide bonds. The average molecular weight is 219 g/mol. The van der Waals surface area contributed by atoms with E-state index in [-0.39, 0.29) is 0 Å². The molecule has 0 aromatic heterocycles. The highest BCUT2D eigenvalue weighted by molar-refractivity contribution is 6.68. The first-order valence-corrected chi connectivity index (χ1v) is 7.61. The molecule has 14 heavy (non-hydrogen) atoms. The zero-order chi connectivity index (χ0) is 11.0. The summed E-state index contributed by atoms with van der Waals surface area (Å²) in [5.74, 6) is 0. The maximum absolute atomic E-state index is 5.66. The summed E-state index contributed by atoms with van der Waals surface area (Å²) in [7, 11) is 1.62. The second-order valence-electron chi connectivity index (χ2n) is 3.61. The van der Waals surface area contributed by atoms with Crippen LogP contribution in [-0.2, 0) is 8.85 Å². The van der Waals surface area contributed by atoms with E-state index in [1.165, 1.54) is 0 Å². The van der Waals surface area contributed by atoms with Gasteiger partial charge in [-0.25, -0.2) is 0 Å². The minimum absolute atomic E-state index is 0.575. The van der Waals surface area contributed by atoms with Crippen molar-refractivity contribution in [2.75, 3.05) is 20.8 Å². The molecule has 0 aliphatic carbocycles. The maximum Gasteiger partial charge on any atom is 0.340 e. The lowest BCUT2D eigenvalue weighted by atomic mass is 10.2. The van der Waals surface area contributed by atoms with Gasteiger partial charge in [0.25, 0.3) is 0 Å². The van der Waals surface area contributed by atoms with Gasteiger partial charge in [-0.05, 0) is 25.4 Å². The summed E-state index contributed by atoms with van der Waals surface area (Å²) in [4.78, 5) is 0. The van der Waals surface area contributed by atoms with Gasteiger partial charge in [0.1, 0.15) is 0 Å². The van der Waals surface area contributed by atoms with Gasteiger partial charge in [0.05, 0.1) is 0 Å². The molecule has 0 heterocycles. The van der Waals surface area contributed by atoms with Crippen LogP contribution in [0, 0.1) is 0 Å². The standard InChI is InChI=1S/C10H25NO2Si/c1-5-10(8-7-9-11)14(6-2,12-3)13-4/h10H,5-9,11H2,1-4H3. The largest absolute Gasteiger partial charge is 0.397 e. The third-order valence-electron chi connectivity index (χ3n) is 3.06. The van der Waals surface area contributed by atoms with Crippen molar-refractivity contribution < 1.29 is 8.85 Å². The van der Waals surface area contributed by atoms with Crippen LogP contribution in [0.4, 0.5) is 0 Å². The molecule has 0 bridgehead atoms. The SMILES string of the molecule is CCC(CCCN)[Si](CC)(OC)OC. The zero-order valence-corrected chi connectivity index (χ0v) is 11.0. The molecule has 0 aromatic carbocycles. The molecule has 2 N–H and O–H groups in total. The first kappa shape index (κ1) is 14.1. The monoisotopic (exact) mass is 219 g/mol. The molecule has 0 saturated carbocycles. The Kier molecular flexibility index (Phi) is 7.45. The highest BCUT2D eigenvalue weighted by atomic mass is 28.4. The van der Waals surface area contributed by atoms with Crippen LogP contribution < -0.4 is 5.73 Å². The smallest absolute Gasteiger partial charge is 0.340 e. The molecule has 0 spiro atoms. The lowest BCUT2D eigenvalue weighted by Crippen LogP contribution is -2.44. The fourth-order valence-corrected chi connectivity index (χ4v) is 5.35. The Balaban J connectivity index is 4.40. The van der Waals surface area contributed by atoms with Gasteiger partial charge in [-0.2, -0.15) is 0 Å². The van der Waals surface area contributed by atoms with E-state index in [4.69, 9.17) is 14.6 Å².